The summed E-state index contributed by atoms with van der Waals surface area (Å²) in [5.74, 6) is 0.718. The van der Waals surface area contributed by atoms with E-state index in [1.165, 1.54) is 67.6 Å². The predicted molar refractivity (Wildman–Crippen MR) is 248 cm³/mol. The zero-order valence-electron chi connectivity index (χ0n) is 31.1. The Morgan fingerprint density at radius 3 is 1.74 bits per heavy atom. The highest BCUT2D eigenvalue weighted by Crippen LogP contribution is 2.44. The molecular formula is C53H31N3S2. The van der Waals surface area contributed by atoms with E-state index in [0.29, 0.717) is 0 Å². The molecule has 0 amide bonds. The fraction of sp³-hybridized carbons (Fsp3) is 0. The van der Waals surface area contributed by atoms with Gasteiger partial charge in [0.25, 0.3) is 0 Å². The standard InChI is InChI=1S/C53H31N3S2/c1-3-11-34(12-4-1)51-42-27-26-40-43-29-36(24-28-48(43)58-52(40)50(42)41-16-7-9-17-44(41)54-51)32-19-21-33(22-20-32)45-31-46(56-53(55-45)35-13-5-2-6-14-35)37-23-25-39-38-15-8-10-18-47(38)57-49(39)30-37/h1-31H. The molecule has 0 radical (unpaired) electrons. The van der Waals surface area contributed by atoms with Crippen LogP contribution in [-0.4, -0.2) is 15.0 Å². The van der Waals surface area contributed by atoms with E-state index < -0.39 is 0 Å². The normalized spacial score (nSPS) is 11.8. The van der Waals surface area contributed by atoms with Gasteiger partial charge in [-0.2, -0.15) is 0 Å². The smallest absolute Gasteiger partial charge is 0.160 e. The first-order valence-corrected chi connectivity index (χ1v) is 21.1. The van der Waals surface area contributed by atoms with E-state index in [1.807, 2.05) is 40.9 Å². The van der Waals surface area contributed by atoms with E-state index >= 15 is 0 Å². The molecule has 12 aromatic rings. The Bertz CT molecular complexity index is 3550. The molecule has 0 N–H and O–H groups in total. The first-order valence-electron chi connectivity index (χ1n) is 19.4. The van der Waals surface area contributed by atoms with Gasteiger partial charge in [-0.3, -0.25) is 0 Å². The Kier molecular flexibility index (Phi) is 7.58. The van der Waals surface area contributed by atoms with E-state index in [2.05, 4.69) is 170 Å². The Morgan fingerprint density at radius 2 is 0.914 bits per heavy atom. The van der Waals surface area contributed by atoms with Crippen LogP contribution >= 0.6 is 22.7 Å². The topological polar surface area (TPSA) is 38.7 Å². The van der Waals surface area contributed by atoms with Gasteiger partial charge in [-0.1, -0.05) is 152 Å². The number of rotatable bonds is 5. The molecule has 4 heterocycles. The van der Waals surface area contributed by atoms with Crippen LogP contribution in [0.1, 0.15) is 0 Å². The summed E-state index contributed by atoms with van der Waals surface area (Å²) in [6.45, 7) is 0. The van der Waals surface area contributed by atoms with Crippen LogP contribution < -0.4 is 0 Å². The molecule has 0 bridgehead atoms. The van der Waals surface area contributed by atoms with Crippen molar-refractivity contribution in [2.75, 3.05) is 0 Å². The zero-order valence-corrected chi connectivity index (χ0v) is 32.7. The molecule has 0 saturated carbocycles. The number of para-hydroxylation sites is 1. The monoisotopic (exact) mass is 773 g/mol. The van der Waals surface area contributed by atoms with E-state index in [-0.39, 0.29) is 0 Å². The maximum atomic E-state index is 5.17. The lowest BCUT2D eigenvalue weighted by Gasteiger charge is -2.11. The summed E-state index contributed by atoms with van der Waals surface area (Å²) in [5, 5.41) is 8.77. The van der Waals surface area contributed by atoms with Crippen LogP contribution in [-0.2, 0) is 0 Å². The maximum Gasteiger partial charge on any atom is 0.160 e. The number of nitrogens with zero attached hydrogens (tertiary/aromatic N) is 3. The van der Waals surface area contributed by atoms with Crippen LogP contribution in [0.3, 0.4) is 0 Å². The molecule has 0 aliphatic carbocycles. The molecule has 0 fully saturated rings. The van der Waals surface area contributed by atoms with Gasteiger partial charge in [0.15, 0.2) is 5.82 Å². The van der Waals surface area contributed by atoms with Crippen LogP contribution in [0.4, 0.5) is 0 Å². The van der Waals surface area contributed by atoms with Gasteiger partial charge in [-0.15, -0.1) is 22.7 Å². The third-order valence-corrected chi connectivity index (χ3v) is 13.6. The van der Waals surface area contributed by atoms with Gasteiger partial charge in [-0.05, 0) is 47.5 Å². The first-order chi connectivity index (χ1) is 28.7. The number of benzene rings is 8. The van der Waals surface area contributed by atoms with Gasteiger partial charge < -0.3 is 0 Å². The van der Waals surface area contributed by atoms with Crippen LogP contribution in [0.5, 0.6) is 0 Å². The largest absolute Gasteiger partial charge is 0.247 e. The van der Waals surface area contributed by atoms with Gasteiger partial charge in [0, 0.05) is 78.8 Å². The molecule has 0 saturated heterocycles. The van der Waals surface area contributed by atoms with Gasteiger partial charge in [0.2, 0.25) is 0 Å². The average Bonchev–Trinajstić information content (AvgIpc) is 3.87. The molecule has 8 aromatic carbocycles. The minimum absolute atomic E-state index is 0.718. The van der Waals surface area contributed by atoms with Crippen molar-refractivity contribution in [2.45, 2.75) is 0 Å². The Hall–Kier alpha value is -7.05. The second-order valence-electron chi connectivity index (χ2n) is 14.7. The lowest BCUT2D eigenvalue weighted by molar-refractivity contribution is 1.18. The highest BCUT2D eigenvalue weighted by atomic mass is 32.1. The molecule has 0 aliphatic heterocycles. The van der Waals surface area contributed by atoms with Gasteiger partial charge >= 0.3 is 0 Å². The van der Waals surface area contributed by atoms with Crippen LogP contribution in [0.2, 0.25) is 0 Å². The molecular weight excluding hydrogens is 743 g/mol. The predicted octanol–water partition coefficient (Wildman–Crippen LogP) is 15.2. The van der Waals surface area contributed by atoms with E-state index in [4.69, 9.17) is 15.0 Å². The van der Waals surface area contributed by atoms with E-state index in [1.54, 1.807) is 0 Å². The number of thiophene rings is 2. The van der Waals surface area contributed by atoms with E-state index in [9.17, 15) is 0 Å². The molecule has 0 spiro atoms. The summed E-state index contributed by atoms with van der Waals surface area (Å²) in [5.41, 5.74) is 10.5. The van der Waals surface area contributed by atoms with Crippen LogP contribution in [0.15, 0.2) is 188 Å². The second kappa shape index (κ2) is 13.3. The Morgan fingerprint density at radius 1 is 0.310 bits per heavy atom. The molecule has 0 unspecified atom stereocenters. The highest BCUT2D eigenvalue weighted by Gasteiger charge is 2.17. The molecule has 4 aromatic heterocycles. The van der Waals surface area contributed by atoms with Gasteiger partial charge in [0.1, 0.15) is 0 Å². The quantitative estimate of drug-likeness (QED) is 0.164. The maximum absolute atomic E-state index is 5.17. The van der Waals surface area contributed by atoms with Crippen molar-refractivity contribution in [3.05, 3.63) is 188 Å². The number of pyridine rings is 1. The van der Waals surface area contributed by atoms with Crippen molar-refractivity contribution in [1.82, 2.24) is 15.0 Å². The third-order valence-electron chi connectivity index (χ3n) is 11.3. The van der Waals surface area contributed by atoms with Gasteiger partial charge in [0.05, 0.1) is 22.6 Å². The van der Waals surface area contributed by atoms with Crippen molar-refractivity contribution >= 4 is 84.7 Å². The fourth-order valence-electron chi connectivity index (χ4n) is 8.44. The minimum atomic E-state index is 0.718. The Labute approximate surface area is 342 Å². The van der Waals surface area contributed by atoms with Crippen molar-refractivity contribution in [3.63, 3.8) is 0 Å². The molecule has 270 valence electrons. The van der Waals surface area contributed by atoms with Crippen LogP contribution in [0, 0.1) is 0 Å². The van der Waals surface area contributed by atoms with Crippen molar-refractivity contribution in [2.24, 2.45) is 0 Å². The average molecular weight is 774 g/mol. The summed E-state index contributed by atoms with van der Waals surface area (Å²) in [7, 11) is 0. The lowest BCUT2D eigenvalue weighted by Crippen LogP contribution is -1.95. The minimum Gasteiger partial charge on any atom is -0.247 e. The van der Waals surface area contributed by atoms with Crippen molar-refractivity contribution in [3.8, 4) is 56.3 Å². The van der Waals surface area contributed by atoms with Crippen LogP contribution in [0.25, 0.3) is 118 Å². The summed E-state index contributed by atoms with van der Waals surface area (Å²) in [6.07, 6.45) is 0. The number of hydrogen-bond donors (Lipinski definition) is 0. The number of hydrogen-bond acceptors (Lipinski definition) is 5. The lowest BCUT2D eigenvalue weighted by atomic mass is 9.97. The number of fused-ring (bicyclic) bond motifs is 10. The Balaban J connectivity index is 0.952. The molecule has 0 atom stereocenters. The molecule has 58 heavy (non-hydrogen) atoms. The molecule has 12 rings (SSSR count). The zero-order chi connectivity index (χ0) is 38.2. The fourth-order valence-corrected chi connectivity index (χ4v) is 10.8. The van der Waals surface area contributed by atoms with Crippen molar-refractivity contribution < 1.29 is 0 Å². The van der Waals surface area contributed by atoms with E-state index in [0.717, 1.165) is 50.7 Å². The first kappa shape index (κ1) is 33.1. The SMILES string of the molecule is c1ccc(-c2nc(-c3ccc(-c4ccc5sc6c(ccc7c(-c8ccccc8)nc8ccccc8c76)c5c4)cc3)cc(-c3ccc4c(c3)sc3ccccc34)n2)cc1. The summed E-state index contributed by atoms with van der Waals surface area (Å²) in [6, 6.07) is 67.1. The molecule has 3 nitrogen and oxygen atoms in total. The summed E-state index contributed by atoms with van der Waals surface area (Å²) >= 11 is 3.70. The highest BCUT2D eigenvalue weighted by molar-refractivity contribution is 7.27. The van der Waals surface area contributed by atoms with Crippen molar-refractivity contribution in [1.29, 1.82) is 0 Å². The molecule has 5 heteroatoms. The third kappa shape index (κ3) is 5.43. The number of aromatic nitrogens is 3. The summed E-state index contributed by atoms with van der Waals surface area (Å²) in [4.78, 5) is 15.4. The second-order valence-corrected chi connectivity index (χ2v) is 16.9. The van der Waals surface area contributed by atoms with Gasteiger partial charge in [-0.25, -0.2) is 15.0 Å². The summed E-state index contributed by atoms with van der Waals surface area (Å²) < 4.78 is 5.14. The molecule has 0 aliphatic rings.